The Morgan fingerprint density at radius 1 is 1.17 bits per heavy atom. The van der Waals surface area contributed by atoms with E-state index in [2.05, 4.69) is 0 Å². The highest BCUT2D eigenvalue weighted by molar-refractivity contribution is 5.92. The van der Waals surface area contributed by atoms with Gasteiger partial charge in [-0.15, -0.1) is 0 Å². The maximum Gasteiger partial charge on any atom is 0.231 e. The van der Waals surface area contributed by atoms with Gasteiger partial charge in [-0.2, -0.15) is 0 Å². The third kappa shape index (κ3) is 3.73. The van der Waals surface area contributed by atoms with Crippen LogP contribution in [0, 0.1) is 5.41 Å². The number of carbonyl (C=O) groups excluding carboxylic acids is 2. The first-order valence-corrected chi connectivity index (χ1v) is 7.52. The van der Waals surface area contributed by atoms with Crippen molar-refractivity contribution in [3.8, 4) is 11.5 Å². The van der Waals surface area contributed by atoms with Crippen LogP contribution < -0.4 is 9.47 Å². The van der Waals surface area contributed by atoms with Gasteiger partial charge in [-0.25, -0.2) is 0 Å². The molecule has 0 fully saturated rings. The summed E-state index contributed by atoms with van der Waals surface area (Å²) in [6.07, 6.45) is 3.72. The first kappa shape index (κ1) is 17.1. The summed E-state index contributed by atoms with van der Waals surface area (Å²) < 4.78 is 10.6. The van der Waals surface area contributed by atoms with Gasteiger partial charge in [0, 0.05) is 11.6 Å². The summed E-state index contributed by atoms with van der Waals surface area (Å²) in [5.41, 5.74) is 1.27. The van der Waals surface area contributed by atoms with Crippen molar-refractivity contribution in [2.45, 2.75) is 27.2 Å². The van der Waals surface area contributed by atoms with Crippen molar-refractivity contribution in [3.63, 3.8) is 0 Å². The van der Waals surface area contributed by atoms with E-state index in [1.54, 1.807) is 20.4 Å². The Balaban J connectivity index is 2.30. The number of rotatable bonds is 4. The molecule has 0 aliphatic carbocycles. The average Bonchev–Trinajstić information content (AvgIpc) is 2.64. The van der Waals surface area contributed by atoms with Crippen LogP contribution in [-0.4, -0.2) is 37.4 Å². The molecular weight excluding hydrogens is 294 g/mol. The lowest BCUT2D eigenvalue weighted by Gasteiger charge is -2.22. The molecule has 1 aliphatic rings. The number of ketones is 1. The minimum absolute atomic E-state index is 0.0246. The summed E-state index contributed by atoms with van der Waals surface area (Å²) in [5.74, 6) is 1.12. The first-order valence-electron chi connectivity index (χ1n) is 7.52. The van der Waals surface area contributed by atoms with Gasteiger partial charge >= 0.3 is 0 Å². The van der Waals surface area contributed by atoms with Gasteiger partial charge in [-0.05, 0) is 29.3 Å². The fourth-order valence-electron chi connectivity index (χ4n) is 2.30. The summed E-state index contributed by atoms with van der Waals surface area (Å²) >= 11 is 0. The highest BCUT2D eigenvalue weighted by Gasteiger charge is 2.26. The van der Waals surface area contributed by atoms with Crippen LogP contribution in [0.2, 0.25) is 0 Å². The number of fused-ring (bicyclic) bond motifs is 1. The number of nitrogens with zero attached hydrogens (tertiary/aromatic N) is 1. The predicted molar refractivity (Wildman–Crippen MR) is 88.5 cm³/mol. The molecule has 0 saturated heterocycles. The monoisotopic (exact) mass is 317 g/mol. The summed E-state index contributed by atoms with van der Waals surface area (Å²) in [6, 6.07) is 3.65. The number of carbonyl (C=O) groups is 2. The Morgan fingerprint density at radius 3 is 2.35 bits per heavy atom. The first-order chi connectivity index (χ1) is 10.8. The second-order valence-corrected chi connectivity index (χ2v) is 6.59. The zero-order valence-corrected chi connectivity index (χ0v) is 14.3. The van der Waals surface area contributed by atoms with E-state index in [1.807, 2.05) is 39.0 Å². The minimum Gasteiger partial charge on any atom is -0.493 e. The molecule has 1 amide bonds. The Labute approximate surface area is 136 Å². The molecule has 1 aromatic rings. The normalized spacial score (nSPS) is 14.3. The minimum atomic E-state index is -0.473. The lowest BCUT2D eigenvalue weighted by molar-refractivity contribution is -0.135. The van der Waals surface area contributed by atoms with Gasteiger partial charge in [0.05, 0.1) is 27.2 Å². The van der Waals surface area contributed by atoms with Crippen LogP contribution >= 0.6 is 0 Å². The molecule has 0 aromatic heterocycles. The molecule has 0 unspecified atom stereocenters. The molecule has 1 heterocycles. The van der Waals surface area contributed by atoms with Crippen LogP contribution in [0.3, 0.4) is 0 Å². The van der Waals surface area contributed by atoms with Gasteiger partial charge in [0.25, 0.3) is 0 Å². The van der Waals surface area contributed by atoms with E-state index in [-0.39, 0.29) is 24.7 Å². The van der Waals surface area contributed by atoms with Gasteiger partial charge < -0.3 is 14.4 Å². The molecule has 0 saturated carbocycles. The lowest BCUT2D eigenvalue weighted by Crippen LogP contribution is -2.36. The van der Waals surface area contributed by atoms with E-state index in [9.17, 15) is 9.59 Å². The number of Topliss-reactive ketones (excluding diaryl/α,β-unsaturated/α-hetero) is 1. The molecule has 23 heavy (non-hydrogen) atoms. The van der Waals surface area contributed by atoms with Crippen molar-refractivity contribution >= 4 is 17.8 Å². The van der Waals surface area contributed by atoms with Crippen molar-refractivity contribution in [3.05, 3.63) is 29.5 Å². The molecule has 0 N–H and O–H groups in total. The van der Waals surface area contributed by atoms with E-state index in [0.717, 1.165) is 11.1 Å². The third-order valence-corrected chi connectivity index (χ3v) is 3.89. The maximum absolute atomic E-state index is 12.4. The number of ether oxygens (including phenoxy) is 2. The van der Waals surface area contributed by atoms with E-state index < -0.39 is 5.41 Å². The molecule has 1 aromatic carbocycles. The van der Waals surface area contributed by atoms with Crippen molar-refractivity contribution in [1.82, 2.24) is 4.90 Å². The fourth-order valence-corrected chi connectivity index (χ4v) is 2.30. The number of hydrogen-bond acceptors (Lipinski definition) is 4. The van der Waals surface area contributed by atoms with Gasteiger partial charge in [-0.3, -0.25) is 9.59 Å². The van der Waals surface area contributed by atoms with E-state index >= 15 is 0 Å². The Hall–Kier alpha value is -2.30. The molecule has 0 atom stereocenters. The lowest BCUT2D eigenvalue weighted by atomic mass is 9.90. The summed E-state index contributed by atoms with van der Waals surface area (Å²) in [4.78, 5) is 26.1. The van der Waals surface area contributed by atoms with Crippen molar-refractivity contribution in [2.75, 3.05) is 20.8 Å². The number of amides is 1. The van der Waals surface area contributed by atoms with Crippen LogP contribution in [0.25, 0.3) is 6.08 Å². The Morgan fingerprint density at radius 2 is 1.78 bits per heavy atom. The van der Waals surface area contributed by atoms with Crippen LogP contribution in [-0.2, 0) is 16.0 Å². The smallest absolute Gasteiger partial charge is 0.231 e. The number of hydrogen-bond donors (Lipinski definition) is 0. The summed E-state index contributed by atoms with van der Waals surface area (Å²) in [7, 11) is 3.14. The van der Waals surface area contributed by atoms with Gasteiger partial charge in [0.1, 0.15) is 0 Å². The maximum atomic E-state index is 12.4. The Kier molecular flexibility index (Phi) is 4.78. The van der Waals surface area contributed by atoms with Gasteiger partial charge in [0.15, 0.2) is 17.3 Å². The topological polar surface area (TPSA) is 55.8 Å². The van der Waals surface area contributed by atoms with Crippen molar-refractivity contribution in [1.29, 1.82) is 0 Å². The second-order valence-electron chi connectivity index (χ2n) is 6.59. The molecule has 5 heteroatoms. The van der Waals surface area contributed by atoms with Crippen LogP contribution in [0.1, 0.15) is 31.9 Å². The predicted octanol–water partition coefficient (Wildman–Crippen LogP) is 2.67. The van der Waals surface area contributed by atoms with Crippen molar-refractivity contribution in [2.24, 2.45) is 5.41 Å². The largest absolute Gasteiger partial charge is 0.493 e. The molecule has 124 valence electrons. The molecular formula is C18H23NO4. The standard InChI is InChI=1S/C18H23NO4/c1-18(2,3)16(20)11-19-7-6-12-8-14(22-4)15(23-5)9-13(12)10-17(19)21/h6-9H,10-11H2,1-5H3. The second kappa shape index (κ2) is 6.44. The zero-order valence-electron chi connectivity index (χ0n) is 14.3. The number of benzene rings is 1. The Bertz CT molecular complexity index is 656. The van der Waals surface area contributed by atoms with Gasteiger partial charge in [0.2, 0.25) is 5.91 Å². The van der Waals surface area contributed by atoms with Crippen LogP contribution in [0.15, 0.2) is 18.3 Å². The van der Waals surface area contributed by atoms with Gasteiger partial charge in [-0.1, -0.05) is 20.8 Å². The van der Waals surface area contributed by atoms with Crippen molar-refractivity contribution < 1.29 is 19.1 Å². The summed E-state index contributed by atoms with van der Waals surface area (Å²) in [6.45, 7) is 5.64. The van der Waals surface area contributed by atoms with Crippen LogP contribution in [0.4, 0.5) is 0 Å². The zero-order chi connectivity index (χ0) is 17.2. The molecule has 0 bridgehead atoms. The molecule has 5 nitrogen and oxygen atoms in total. The highest BCUT2D eigenvalue weighted by Crippen LogP contribution is 2.32. The van der Waals surface area contributed by atoms with E-state index in [4.69, 9.17) is 9.47 Å². The fraction of sp³-hybridized carbons (Fsp3) is 0.444. The SMILES string of the molecule is COc1cc2c(cc1OC)CC(=O)N(CC(=O)C(C)(C)C)C=C2. The molecule has 2 rings (SSSR count). The van der Waals surface area contributed by atoms with E-state index in [1.165, 1.54) is 4.90 Å². The van der Waals surface area contributed by atoms with Crippen LogP contribution in [0.5, 0.6) is 11.5 Å². The van der Waals surface area contributed by atoms with E-state index in [0.29, 0.717) is 11.5 Å². The molecule has 1 aliphatic heterocycles. The molecule has 0 radical (unpaired) electrons. The quantitative estimate of drug-likeness (QED) is 0.857. The third-order valence-electron chi connectivity index (χ3n) is 3.89. The number of methoxy groups -OCH3 is 2. The summed E-state index contributed by atoms with van der Waals surface area (Å²) in [5, 5.41) is 0. The molecule has 0 spiro atoms. The average molecular weight is 317 g/mol. The highest BCUT2D eigenvalue weighted by atomic mass is 16.5.